The van der Waals surface area contributed by atoms with Crippen LogP contribution in [0.15, 0.2) is 42.6 Å². The zero-order valence-corrected chi connectivity index (χ0v) is 17.2. The van der Waals surface area contributed by atoms with Crippen molar-refractivity contribution in [1.29, 1.82) is 0 Å². The van der Waals surface area contributed by atoms with Crippen LogP contribution in [-0.2, 0) is 6.42 Å². The Bertz CT molecular complexity index is 853. The van der Waals surface area contributed by atoms with E-state index in [2.05, 4.69) is 17.2 Å². The Morgan fingerprint density at radius 3 is 2.90 bits per heavy atom. The molecule has 1 aliphatic heterocycles. The number of aromatic nitrogens is 1. The fourth-order valence-electron chi connectivity index (χ4n) is 3.78. The summed E-state index contributed by atoms with van der Waals surface area (Å²) >= 11 is 0. The molecule has 1 aromatic carbocycles. The van der Waals surface area contributed by atoms with Crippen molar-refractivity contribution in [2.75, 3.05) is 20.2 Å². The normalized spacial score (nSPS) is 16.3. The van der Waals surface area contributed by atoms with E-state index >= 15 is 0 Å². The number of hydrogen-bond acceptors (Lipinski definition) is 4. The summed E-state index contributed by atoms with van der Waals surface area (Å²) in [5, 5.41) is 2.88. The molecule has 0 radical (unpaired) electrons. The summed E-state index contributed by atoms with van der Waals surface area (Å²) < 4.78 is 5.22. The summed E-state index contributed by atoms with van der Waals surface area (Å²) in [7, 11) is 1.63. The van der Waals surface area contributed by atoms with Crippen LogP contribution in [-0.4, -0.2) is 47.9 Å². The lowest BCUT2D eigenvalue weighted by atomic mass is 9.99. The van der Waals surface area contributed by atoms with Crippen molar-refractivity contribution in [3.63, 3.8) is 0 Å². The highest BCUT2D eigenvalue weighted by molar-refractivity contribution is 5.98. The standard InChI is InChI=1S/C23H29N3O3/c1-3-19-8-4-5-14-26(19)23(28)18-11-13-24-21(16-18)22(27)25-12-10-17-7-6-9-20(15-17)29-2/h6-7,9,11,13,15-16,19H,3-5,8,10,12,14H2,1-2H3,(H,25,27). The van der Waals surface area contributed by atoms with E-state index in [1.807, 2.05) is 29.2 Å². The number of ether oxygens (including phenoxy) is 1. The van der Waals surface area contributed by atoms with Crippen LogP contribution in [0.2, 0.25) is 0 Å². The average molecular weight is 396 g/mol. The minimum absolute atomic E-state index is 0.00983. The van der Waals surface area contributed by atoms with E-state index < -0.39 is 0 Å². The second-order valence-electron chi connectivity index (χ2n) is 7.34. The number of piperidine rings is 1. The summed E-state index contributed by atoms with van der Waals surface area (Å²) in [6.07, 6.45) is 6.42. The molecule has 1 N–H and O–H groups in total. The molecule has 0 aliphatic carbocycles. The van der Waals surface area contributed by atoms with Gasteiger partial charge in [0, 0.05) is 30.9 Å². The number of likely N-dealkylation sites (tertiary alicyclic amines) is 1. The second kappa shape index (κ2) is 10.0. The molecular formula is C23H29N3O3. The molecule has 1 atom stereocenters. The van der Waals surface area contributed by atoms with Crippen molar-refractivity contribution >= 4 is 11.8 Å². The highest BCUT2D eigenvalue weighted by Crippen LogP contribution is 2.22. The number of pyridine rings is 1. The molecule has 0 bridgehead atoms. The maximum Gasteiger partial charge on any atom is 0.269 e. The molecule has 1 saturated heterocycles. The first-order chi connectivity index (χ1) is 14.1. The summed E-state index contributed by atoms with van der Waals surface area (Å²) in [6.45, 7) is 3.38. The number of methoxy groups -OCH3 is 1. The van der Waals surface area contributed by atoms with E-state index in [-0.39, 0.29) is 23.6 Å². The van der Waals surface area contributed by atoms with Gasteiger partial charge >= 0.3 is 0 Å². The molecule has 1 unspecified atom stereocenters. The number of amides is 2. The molecule has 0 saturated carbocycles. The van der Waals surface area contributed by atoms with Crippen LogP contribution < -0.4 is 10.1 Å². The lowest BCUT2D eigenvalue weighted by Gasteiger charge is -2.35. The van der Waals surface area contributed by atoms with Crippen LogP contribution in [0.1, 0.15) is 59.0 Å². The van der Waals surface area contributed by atoms with Crippen LogP contribution in [0, 0.1) is 0 Å². The smallest absolute Gasteiger partial charge is 0.269 e. The Kier molecular flexibility index (Phi) is 7.22. The lowest BCUT2D eigenvalue weighted by molar-refractivity contribution is 0.0608. The molecule has 3 rings (SSSR count). The van der Waals surface area contributed by atoms with Gasteiger partial charge in [0.15, 0.2) is 0 Å². The van der Waals surface area contributed by atoms with Gasteiger partial charge in [0.05, 0.1) is 7.11 Å². The van der Waals surface area contributed by atoms with Gasteiger partial charge in [-0.1, -0.05) is 19.1 Å². The third-order valence-corrected chi connectivity index (χ3v) is 5.43. The van der Waals surface area contributed by atoms with E-state index in [0.29, 0.717) is 18.5 Å². The Hall–Kier alpha value is -2.89. The third kappa shape index (κ3) is 5.34. The highest BCUT2D eigenvalue weighted by Gasteiger charge is 2.26. The molecule has 1 aromatic heterocycles. The average Bonchev–Trinajstić information content (AvgIpc) is 2.78. The first-order valence-electron chi connectivity index (χ1n) is 10.3. The predicted molar refractivity (Wildman–Crippen MR) is 112 cm³/mol. The number of rotatable bonds is 7. The number of nitrogens with zero attached hydrogens (tertiary/aromatic N) is 2. The van der Waals surface area contributed by atoms with Gasteiger partial charge in [-0.2, -0.15) is 0 Å². The maximum atomic E-state index is 13.0. The number of nitrogens with one attached hydrogen (secondary N) is 1. The monoisotopic (exact) mass is 395 g/mol. The van der Waals surface area contributed by atoms with Crippen LogP contribution in [0.4, 0.5) is 0 Å². The van der Waals surface area contributed by atoms with Crippen molar-refractivity contribution in [1.82, 2.24) is 15.2 Å². The largest absolute Gasteiger partial charge is 0.497 e. The van der Waals surface area contributed by atoms with Crippen molar-refractivity contribution in [3.05, 3.63) is 59.4 Å². The fourth-order valence-corrected chi connectivity index (χ4v) is 3.78. The van der Waals surface area contributed by atoms with Crippen LogP contribution in [0.25, 0.3) is 0 Å². The van der Waals surface area contributed by atoms with E-state index in [9.17, 15) is 9.59 Å². The first kappa shape index (κ1) is 20.8. The zero-order valence-electron chi connectivity index (χ0n) is 17.2. The Morgan fingerprint density at radius 1 is 1.24 bits per heavy atom. The molecule has 2 heterocycles. The minimum atomic E-state index is -0.270. The van der Waals surface area contributed by atoms with Gasteiger partial charge in [0.1, 0.15) is 11.4 Å². The second-order valence-corrected chi connectivity index (χ2v) is 7.34. The Labute approximate surface area is 172 Å². The van der Waals surface area contributed by atoms with Gasteiger partial charge in [-0.25, -0.2) is 0 Å². The predicted octanol–water partition coefficient (Wildman–Crippen LogP) is 3.47. The zero-order chi connectivity index (χ0) is 20.6. The lowest BCUT2D eigenvalue weighted by Crippen LogP contribution is -2.43. The molecule has 1 fully saturated rings. The number of carbonyl (C=O) groups excluding carboxylic acids is 2. The van der Waals surface area contributed by atoms with Crippen molar-refractivity contribution < 1.29 is 14.3 Å². The number of hydrogen-bond donors (Lipinski definition) is 1. The molecule has 6 heteroatoms. The fraction of sp³-hybridized carbons (Fsp3) is 0.435. The number of carbonyl (C=O) groups is 2. The molecule has 2 aromatic rings. The van der Waals surface area contributed by atoms with E-state index in [0.717, 1.165) is 37.1 Å². The van der Waals surface area contributed by atoms with Crippen molar-refractivity contribution in [3.8, 4) is 5.75 Å². The molecule has 154 valence electrons. The van der Waals surface area contributed by atoms with Gasteiger partial charge in [-0.3, -0.25) is 14.6 Å². The molecule has 1 aliphatic rings. The van der Waals surface area contributed by atoms with E-state index in [1.165, 1.54) is 12.6 Å². The Balaban J connectivity index is 1.60. The SMILES string of the molecule is CCC1CCCCN1C(=O)c1ccnc(C(=O)NCCc2cccc(OC)c2)c1. The quantitative estimate of drug-likeness (QED) is 0.779. The first-order valence-corrected chi connectivity index (χ1v) is 10.3. The molecule has 2 amide bonds. The summed E-state index contributed by atoms with van der Waals surface area (Å²) in [6, 6.07) is 11.3. The van der Waals surface area contributed by atoms with Crippen LogP contribution in [0.5, 0.6) is 5.75 Å². The Morgan fingerprint density at radius 2 is 2.10 bits per heavy atom. The topological polar surface area (TPSA) is 71.5 Å². The highest BCUT2D eigenvalue weighted by atomic mass is 16.5. The van der Waals surface area contributed by atoms with E-state index in [4.69, 9.17) is 4.74 Å². The van der Waals surface area contributed by atoms with Crippen molar-refractivity contribution in [2.45, 2.75) is 45.1 Å². The molecule has 0 spiro atoms. The van der Waals surface area contributed by atoms with Crippen molar-refractivity contribution in [2.24, 2.45) is 0 Å². The molecule has 6 nitrogen and oxygen atoms in total. The molecular weight excluding hydrogens is 366 g/mol. The summed E-state index contributed by atoms with van der Waals surface area (Å²) in [5.74, 6) is 0.516. The minimum Gasteiger partial charge on any atom is -0.497 e. The van der Waals surface area contributed by atoms with E-state index in [1.54, 1.807) is 19.2 Å². The van der Waals surface area contributed by atoms with Crippen LogP contribution >= 0.6 is 0 Å². The molecule has 29 heavy (non-hydrogen) atoms. The summed E-state index contributed by atoms with van der Waals surface area (Å²) in [4.78, 5) is 31.6. The van der Waals surface area contributed by atoms with Gasteiger partial charge in [-0.15, -0.1) is 0 Å². The van der Waals surface area contributed by atoms with Gasteiger partial charge in [0.2, 0.25) is 0 Å². The third-order valence-electron chi connectivity index (χ3n) is 5.43. The van der Waals surface area contributed by atoms with Gasteiger partial charge < -0.3 is 15.0 Å². The number of benzene rings is 1. The van der Waals surface area contributed by atoms with Gasteiger partial charge in [0.25, 0.3) is 11.8 Å². The maximum absolute atomic E-state index is 13.0. The van der Waals surface area contributed by atoms with Crippen LogP contribution in [0.3, 0.4) is 0 Å². The summed E-state index contributed by atoms with van der Waals surface area (Å²) in [5.41, 5.74) is 1.88. The van der Waals surface area contributed by atoms with Gasteiger partial charge in [-0.05, 0) is 61.9 Å².